The summed E-state index contributed by atoms with van der Waals surface area (Å²) in [7, 11) is 1.66. The van der Waals surface area contributed by atoms with Crippen LogP contribution in [0.4, 0.5) is 9.93 Å². The van der Waals surface area contributed by atoms with Gasteiger partial charge in [-0.3, -0.25) is 5.32 Å². The van der Waals surface area contributed by atoms with Crippen LogP contribution in [-0.4, -0.2) is 34.8 Å². The molecular formula is C19H26N4O2S. The zero-order valence-corrected chi connectivity index (χ0v) is 16.4. The molecule has 0 radical (unpaired) electrons. The Morgan fingerprint density at radius 1 is 1.23 bits per heavy atom. The highest BCUT2D eigenvalue weighted by Gasteiger charge is 2.27. The summed E-state index contributed by atoms with van der Waals surface area (Å²) in [4.78, 5) is 14.9. The van der Waals surface area contributed by atoms with E-state index in [9.17, 15) is 4.79 Å². The Balaban J connectivity index is 1.77. The Labute approximate surface area is 158 Å². The van der Waals surface area contributed by atoms with Crippen LogP contribution >= 0.6 is 11.3 Å². The first-order valence-corrected chi connectivity index (χ1v) is 9.95. The summed E-state index contributed by atoms with van der Waals surface area (Å²) in [6.07, 6.45) is 4.25. The number of nitrogens with one attached hydrogen (secondary N) is 1. The number of urea groups is 1. The van der Waals surface area contributed by atoms with Gasteiger partial charge < -0.3 is 9.64 Å². The van der Waals surface area contributed by atoms with E-state index in [1.807, 2.05) is 17.0 Å². The van der Waals surface area contributed by atoms with Gasteiger partial charge in [-0.15, -0.1) is 10.2 Å². The minimum absolute atomic E-state index is 0.0703. The summed E-state index contributed by atoms with van der Waals surface area (Å²) >= 11 is 1.44. The lowest BCUT2D eigenvalue weighted by Gasteiger charge is -2.30. The molecule has 1 aliphatic heterocycles. The summed E-state index contributed by atoms with van der Waals surface area (Å²) in [6, 6.07) is 7.99. The zero-order chi connectivity index (χ0) is 18.5. The first-order chi connectivity index (χ1) is 12.6. The Hall–Kier alpha value is -2.15. The molecule has 7 heteroatoms. The van der Waals surface area contributed by atoms with E-state index in [0.29, 0.717) is 11.0 Å². The van der Waals surface area contributed by atoms with Crippen LogP contribution in [0.1, 0.15) is 62.1 Å². The van der Waals surface area contributed by atoms with Crippen molar-refractivity contribution in [2.75, 3.05) is 19.0 Å². The van der Waals surface area contributed by atoms with Crippen molar-refractivity contribution in [1.82, 2.24) is 15.1 Å². The maximum atomic E-state index is 12.9. The molecule has 1 aromatic carbocycles. The number of ether oxygens (including phenoxy) is 1. The fourth-order valence-corrected chi connectivity index (χ4v) is 3.94. The summed E-state index contributed by atoms with van der Waals surface area (Å²) < 4.78 is 5.25. The number of anilines is 1. The lowest BCUT2D eigenvalue weighted by atomic mass is 10.0. The van der Waals surface area contributed by atoms with Gasteiger partial charge in [-0.05, 0) is 30.5 Å². The highest BCUT2D eigenvalue weighted by atomic mass is 32.1. The second kappa shape index (κ2) is 8.49. The van der Waals surface area contributed by atoms with E-state index < -0.39 is 0 Å². The highest BCUT2D eigenvalue weighted by Crippen LogP contribution is 2.32. The molecule has 0 aliphatic carbocycles. The Morgan fingerprint density at radius 2 is 2.00 bits per heavy atom. The molecule has 1 N–H and O–H groups in total. The number of methoxy groups -OCH3 is 1. The highest BCUT2D eigenvalue weighted by molar-refractivity contribution is 7.15. The van der Waals surface area contributed by atoms with Gasteiger partial charge in [0.1, 0.15) is 10.8 Å². The van der Waals surface area contributed by atoms with E-state index in [-0.39, 0.29) is 12.1 Å². The fraction of sp³-hybridized carbons (Fsp3) is 0.526. The third-order valence-electron chi connectivity index (χ3n) is 4.66. The van der Waals surface area contributed by atoms with Crippen molar-refractivity contribution >= 4 is 22.5 Å². The van der Waals surface area contributed by atoms with Gasteiger partial charge in [-0.25, -0.2) is 4.79 Å². The number of likely N-dealkylation sites (tertiary alicyclic amines) is 1. The molecule has 2 amide bonds. The normalized spacial score (nSPS) is 17.8. The van der Waals surface area contributed by atoms with Crippen LogP contribution in [0.5, 0.6) is 5.75 Å². The molecule has 6 nitrogen and oxygen atoms in total. The predicted molar refractivity (Wildman–Crippen MR) is 104 cm³/mol. The molecule has 0 bridgehead atoms. The van der Waals surface area contributed by atoms with E-state index in [4.69, 9.17) is 4.74 Å². The molecular weight excluding hydrogens is 348 g/mol. The molecule has 26 heavy (non-hydrogen) atoms. The lowest BCUT2D eigenvalue weighted by molar-refractivity contribution is 0.189. The number of benzene rings is 1. The van der Waals surface area contributed by atoms with Gasteiger partial charge >= 0.3 is 6.03 Å². The molecule has 1 aliphatic rings. The topological polar surface area (TPSA) is 67.3 Å². The summed E-state index contributed by atoms with van der Waals surface area (Å²) in [6.45, 7) is 4.89. The molecule has 3 rings (SSSR count). The Bertz CT molecular complexity index is 729. The summed E-state index contributed by atoms with van der Waals surface area (Å²) in [5.41, 5.74) is 1.14. The average Bonchev–Trinajstić information content (AvgIpc) is 2.97. The predicted octanol–water partition coefficient (Wildman–Crippen LogP) is 4.82. The van der Waals surface area contributed by atoms with Gasteiger partial charge in [-0.2, -0.15) is 0 Å². The van der Waals surface area contributed by atoms with Gasteiger partial charge in [0.15, 0.2) is 0 Å². The van der Waals surface area contributed by atoms with Crippen molar-refractivity contribution in [2.24, 2.45) is 0 Å². The molecule has 0 spiro atoms. The first kappa shape index (κ1) is 18.6. The van der Waals surface area contributed by atoms with Crippen LogP contribution in [0, 0.1) is 0 Å². The standard InChI is InChI=1S/C19H26N4O2S/c1-13(2)17-21-22-18(26-17)20-19(24)23-12-6-4-5-7-16(23)14-8-10-15(25-3)11-9-14/h8-11,13,16H,4-7,12H2,1-3H3,(H,20,22,24)/t16-/m0/s1. The van der Waals surface area contributed by atoms with Crippen molar-refractivity contribution in [1.29, 1.82) is 0 Å². The molecule has 140 valence electrons. The largest absolute Gasteiger partial charge is 0.497 e. The molecule has 1 fully saturated rings. The summed E-state index contributed by atoms with van der Waals surface area (Å²) in [5, 5.41) is 12.7. The SMILES string of the molecule is COc1ccc([C@@H]2CCCCCN2C(=O)Nc2nnc(C(C)C)s2)cc1. The second-order valence-corrected chi connectivity index (χ2v) is 7.87. The van der Waals surface area contributed by atoms with Gasteiger partial charge in [0, 0.05) is 12.5 Å². The first-order valence-electron chi connectivity index (χ1n) is 9.13. The number of aromatic nitrogens is 2. The number of amides is 2. The lowest BCUT2D eigenvalue weighted by Crippen LogP contribution is -2.38. The van der Waals surface area contributed by atoms with E-state index in [2.05, 4.69) is 41.5 Å². The minimum atomic E-state index is -0.0980. The molecule has 2 aromatic rings. The maximum Gasteiger partial charge on any atom is 0.324 e. The number of carbonyl (C=O) groups excluding carboxylic acids is 1. The van der Waals surface area contributed by atoms with Crippen molar-refractivity contribution in [3.8, 4) is 5.75 Å². The maximum absolute atomic E-state index is 12.9. The Morgan fingerprint density at radius 3 is 2.65 bits per heavy atom. The number of rotatable bonds is 4. The van der Waals surface area contributed by atoms with Crippen LogP contribution in [-0.2, 0) is 0 Å². The molecule has 1 saturated heterocycles. The van der Waals surface area contributed by atoms with Crippen molar-refractivity contribution in [3.05, 3.63) is 34.8 Å². The Kier molecular flexibility index (Phi) is 6.08. The molecule has 2 heterocycles. The number of nitrogens with zero attached hydrogens (tertiary/aromatic N) is 3. The van der Waals surface area contributed by atoms with Gasteiger partial charge in [-0.1, -0.05) is 50.2 Å². The third kappa shape index (κ3) is 4.33. The van der Waals surface area contributed by atoms with Gasteiger partial charge in [0.2, 0.25) is 5.13 Å². The summed E-state index contributed by atoms with van der Waals surface area (Å²) in [5.74, 6) is 1.14. The molecule has 0 saturated carbocycles. The number of carbonyl (C=O) groups is 1. The van der Waals surface area contributed by atoms with Crippen molar-refractivity contribution in [2.45, 2.75) is 51.5 Å². The van der Waals surface area contributed by atoms with Crippen molar-refractivity contribution in [3.63, 3.8) is 0 Å². The molecule has 1 atom stereocenters. The van der Waals surface area contributed by atoms with Crippen LogP contribution in [0.3, 0.4) is 0 Å². The molecule has 1 aromatic heterocycles. The van der Waals surface area contributed by atoms with Crippen molar-refractivity contribution < 1.29 is 9.53 Å². The number of hydrogen-bond acceptors (Lipinski definition) is 5. The third-order valence-corrected chi connectivity index (χ3v) is 5.80. The zero-order valence-electron chi connectivity index (χ0n) is 15.6. The van der Waals surface area contributed by atoms with E-state index in [1.165, 1.54) is 11.3 Å². The van der Waals surface area contributed by atoms with Crippen LogP contribution < -0.4 is 10.1 Å². The minimum Gasteiger partial charge on any atom is -0.497 e. The monoisotopic (exact) mass is 374 g/mol. The smallest absolute Gasteiger partial charge is 0.324 e. The van der Waals surface area contributed by atoms with Gasteiger partial charge in [0.25, 0.3) is 0 Å². The van der Waals surface area contributed by atoms with Crippen LogP contribution in [0.25, 0.3) is 0 Å². The number of hydrogen-bond donors (Lipinski definition) is 1. The van der Waals surface area contributed by atoms with E-state index in [0.717, 1.165) is 48.5 Å². The van der Waals surface area contributed by atoms with E-state index >= 15 is 0 Å². The molecule has 0 unspecified atom stereocenters. The van der Waals surface area contributed by atoms with Crippen LogP contribution in [0.15, 0.2) is 24.3 Å². The second-order valence-electron chi connectivity index (χ2n) is 6.86. The quantitative estimate of drug-likeness (QED) is 0.833. The average molecular weight is 375 g/mol. The fourth-order valence-electron chi connectivity index (χ4n) is 3.21. The van der Waals surface area contributed by atoms with Crippen LogP contribution in [0.2, 0.25) is 0 Å². The van der Waals surface area contributed by atoms with E-state index in [1.54, 1.807) is 7.11 Å². The van der Waals surface area contributed by atoms with Gasteiger partial charge in [0.05, 0.1) is 13.2 Å².